The molecule has 2 aromatic rings. The second-order valence-electron chi connectivity index (χ2n) is 5.92. The number of hydrogen-bond acceptors (Lipinski definition) is 7. The van der Waals surface area contributed by atoms with Gasteiger partial charge in [-0.05, 0) is 23.3 Å². The van der Waals surface area contributed by atoms with Gasteiger partial charge in [-0.3, -0.25) is 0 Å². The third kappa shape index (κ3) is 7.28. The van der Waals surface area contributed by atoms with Gasteiger partial charge in [-0.2, -0.15) is 8.42 Å². The lowest BCUT2D eigenvalue weighted by atomic mass is 10.1. The molecule has 1 amide bonds. The number of esters is 1. The van der Waals surface area contributed by atoms with E-state index >= 15 is 0 Å². The fourth-order valence-electron chi connectivity index (χ4n) is 2.38. The van der Waals surface area contributed by atoms with Gasteiger partial charge in [0.1, 0.15) is 18.4 Å². The molecule has 0 spiro atoms. The molecule has 0 aliphatic heterocycles. The molecule has 1 atom stereocenters. The molecule has 0 saturated heterocycles. The average Bonchev–Trinajstić information content (AvgIpc) is 2.65. The highest BCUT2D eigenvalue weighted by Crippen LogP contribution is 2.17. The summed E-state index contributed by atoms with van der Waals surface area (Å²) < 4.78 is 37.2. The van der Waals surface area contributed by atoms with Crippen molar-refractivity contribution in [2.75, 3.05) is 13.4 Å². The van der Waals surface area contributed by atoms with Crippen molar-refractivity contribution in [1.82, 2.24) is 5.32 Å². The van der Waals surface area contributed by atoms with Crippen molar-refractivity contribution in [3.05, 3.63) is 65.7 Å². The normalized spacial score (nSPS) is 11.9. The second-order valence-corrected chi connectivity index (χ2v) is 7.50. The van der Waals surface area contributed by atoms with Gasteiger partial charge in [0.05, 0.1) is 13.4 Å². The molecule has 0 heterocycles. The predicted octanol–water partition coefficient (Wildman–Crippen LogP) is 2.04. The smallest absolute Gasteiger partial charge is 0.408 e. The van der Waals surface area contributed by atoms with E-state index in [4.69, 9.17) is 13.7 Å². The fraction of sp³-hybridized carbons (Fsp3) is 0.263. The zero-order valence-electron chi connectivity index (χ0n) is 15.5. The first-order chi connectivity index (χ1) is 13.3. The summed E-state index contributed by atoms with van der Waals surface area (Å²) >= 11 is 0. The molecule has 0 radical (unpaired) electrons. The minimum absolute atomic E-state index is 0.0538. The Kier molecular flexibility index (Phi) is 7.39. The van der Waals surface area contributed by atoms with Gasteiger partial charge in [0.25, 0.3) is 0 Å². The number of rotatable bonds is 8. The quantitative estimate of drug-likeness (QED) is 0.527. The van der Waals surface area contributed by atoms with E-state index in [1.54, 1.807) is 24.3 Å². The van der Waals surface area contributed by atoms with E-state index in [9.17, 15) is 18.0 Å². The summed E-state index contributed by atoms with van der Waals surface area (Å²) in [4.78, 5) is 24.1. The van der Waals surface area contributed by atoms with Crippen LogP contribution in [0, 0.1) is 0 Å². The van der Waals surface area contributed by atoms with Crippen LogP contribution in [0.2, 0.25) is 0 Å². The monoisotopic (exact) mass is 407 g/mol. The van der Waals surface area contributed by atoms with E-state index in [0.717, 1.165) is 11.8 Å². The molecule has 0 aliphatic carbocycles. The Balaban J connectivity index is 2.02. The SMILES string of the molecule is COC(=O)[C@H](Cc1cccc(OS(C)(=O)=O)c1)NC(=O)OCc1ccccc1. The Labute approximate surface area is 163 Å². The molecule has 9 heteroatoms. The van der Waals surface area contributed by atoms with Crippen LogP contribution in [0.15, 0.2) is 54.6 Å². The molecule has 28 heavy (non-hydrogen) atoms. The maximum Gasteiger partial charge on any atom is 0.408 e. The number of amides is 1. The van der Waals surface area contributed by atoms with Crippen LogP contribution in [0.25, 0.3) is 0 Å². The number of methoxy groups -OCH3 is 1. The number of alkyl carbamates (subject to hydrolysis) is 1. The summed E-state index contributed by atoms with van der Waals surface area (Å²) in [5.74, 6) is -0.554. The molecular weight excluding hydrogens is 386 g/mol. The van der Waals surface area contributed by atoms with E-state index in [1.165, 1.54) is 19.2 Å². The van der Waals surface area contributed by atoms with Gasteiger partial charge in [0.15, 0.2) is 0 Å². The first kappa shape index (κ1) is 21.2. The van der Waals surface area contributed by atoms with E-state index in [0.29, 0.717) is 5.56 Å². The maximum absolute atomic E-state index is 12.0. The highest BCUT2D eigenvalue weighted by atomic mass is 32.2. The van der Waals surface area contributed by atoms with Gasteiger partial charge in [-0.1, -0.05) is 42.5 Å². The Morgan fingerprint density at radius 1 is 1.04 bits per heavy atom. The molecule has 2 rings (SSSR count). The van der Waals surface area contributed by atoms with Crippen LogP contribution >= 0.6 is 0 Å². The molecule has 0 aromatic heterocycles. The van der Waals surface area contributed by atoms with Crippen molar-refractivity contribution in [1.29, 1.82) is 0 Å². The first-order valence-electron chi connectivity index (χ1n) is 8.30. The number of nitrogens with one attached hydrogen (secondary N) is 1. The molecule has 0 bridgehead atoms. The van der Waals surface area contributed by atoms with Gasteiger partial charge in [0, 0.05) is 6.42 Å². The zero-order valence-corrected chi connectivity index (χ0v) is 16.3. The van der Waals surface area contributed by atoms with Gasteiger partial charge in [-0.15, -0.1) is 0 Å². The van der Waals surface area contributed by atoms with Crippen LogP contribution in [-0.2, 0) is 37.4 Å². The van der Waals surface area contributed by atoms with Gasteiger partial charge < -0.3 is 19.0 Å². The van der Waals surface area contributed by atoms with E-state index in [-0.39, 0.29) is 18.8 Å². The summed E-state index contributed by atoms with van der Waals surface area (Å²) in [7, 11) is -2.47. The van der Waals surface area contributed by atoms with Crippen molar-refractivity contribution in [2.45, 2.75) is 19.1 Å². The molecule has 150 valence electrons. The number of ether oxygens (including phenoxy) is 2. The van der Waals surface area contributed by atoms with Crippen LogP contribution in [0.3, 0.4) is 0 Å². The molecule has 8 nitrogen and oxygen atoms in total. The third-order valence-electron chi connectivity index (χ3n) is 3.58. The fourth-order valence-corrected chi connectivity index (χ4v) is 2.83. The number of carbonyl (C=O) groups is 2. The molecule has 2 aromatic carbocycles. The highest BCUT2D eigenvalue weighted by molar-refractivity contribution is 7.86. The summed E-state index contributed by atoms with van der Waals surface area (Å²) in [5.41, 5.74) is 1.37. The minimum Gasteiger partial charge on any atom is -0.467 e. The number of hydrogen-bond donors (Lipinski definition) is 1. The van der Waals surface area contributed by atoms with Crippen molar-refractivity contribution in [3.8, 4) is 5.75 Å². The Morgan fingerprint density at radius 3 is 2.36 bits per heavy atom. The minimum atomic E-state index is -3.68. The average molecular weight is 407 g/mol. The van der Waals surface area contributed by atoms with E-state index in [2.05, 4.69) is 5.32 Å². The van der Waals surface area contributed by atoms with E-state index in [1.807, 2.05) is 18.2 Å². The highest BCUT2D eigenvalue weighted by Gasteiger charge is 2.23. The molecule has 0 unspecified atom stereocenters. The summed E-state index contributed by atoms with van der Waals surface area (Å²) in [6.45, 7) is 0.0538. The largest absolute Gasteiger partial charge is 0.467 e. The molecule has 0 fully saturated rings. The van der Waals surface area contributed by atoms with Crippen molar-refractivity contribution in [3.63, 3.8) is 0 Å². The zero-order chi connectivity index (χ0) is 20.6. The summed E-state index contributed by atoms with van der Waals surface area (Å²) in [5, 5.41) is 2.46. The predicted molar refractivity (Wildman–Crippen MR) is 101 cm³/mol. The second kappa shape index (κ2) is 9.75. The number of carbonyl (C=O) groups excluding carboxylic acids is 2. The van der Waals surface area contributed by atoms with Crippen molar-refractivity contribution < 1.29 is 31.7 Å². The van der Waals surface area contributed by atoms with Crippen molar-refractivity contribution >= 4 is 22.2 Å². The van der Waals surface area contributed by atoms with Gasteiger partial charge >= 0.3 is 22.2 Å². The molecule has 1 N–H and O–H groups in total. The summed E-state index contributed by atoms with van der Waals surface area (Å²) in [6.07, 6.45) is 0.220. The summed E-state index contributed by atoms with van der Waals surface area (Å²) in [6, 6.07) is 14.3. The lowest BCUT2D eigenvalue weighted by Crippen LogP contribution is -2.43. The van der Waals surface area contributed by atoms with Crippen LogP contribution in [0.5, 0.6) is 5.75 Å². The van der Waals surface area contributed by atoms with Crippen molar-refractivity contribution in [2.24, 2.45) is 0 Å². The molecule has 0 aliphatic rings. The topological polar surface area (TPSA) is 108 Å². The third-order valence-corrected chi connectivity index (χ3v) is 4.07. The first-order valence-corrected chi connectivity index (χ1v) is 10.1. The van der Waals surface area contributed by atoms with Crippen LogP contribution in [-0.4, -0.2) is 39.9 Å². The standard InChI is InChI=1S/C19H21NO7S/c1-25-18(21)17(20-19(22)26-13-14-7-4-3-5-8-14)12-15-9-6-10-16(11-15)27-28(2,23)24/h3-11,17H,12-13H2,1-2H3,(H,20,22)/t17-/m0/s1. The molecular formula is C19H21NO7S. The van der Waals surface area contributed by atoms with E-state index < -0.39 is 28.2 Å². The van der Waals surface area contributed by atoms with Crippen LogP contribution in [0.4, 0.5) is 4.79 Å². The Bertz CT molecular complexity index is 913. The lowest BCUT2D eigenvalue weighted by molar-refractivity contribution is -0.143. The Morgan fingerprint density at radius 2 is 1.71 bits per heavy atom. The molecule has 0 saturated carbocycles. The van der Waals surface area contributed by atoms with Crippen LogP contribution < -0.4 is 9.50 Å². The lowest BCUT2D eigenvalue weighted by Gasteiger charge is -2.17. The number of benzene rings is 2. The van der Waals surface area contributed by atoms with Crippen LogP contribution in [0.1, 0.15) is 11.1 Å². The Hall–Kier alpha value is -3.07. The van der Waals surface area contributed by atoms with Gasteiger partial charge in [-0.25, -0.2) is 9.59 Å². The maximum atomic E-state index is 12.0. The van der Waals surface area contributed by atoms with Gasteiger partial charge in [0.2, 0.25) is 0 Å².